The van der Waals surface area contributed by atoms with Gasteiger partial charge in [0.25, 0.3) is 0 Å². The summed E-state index contributed by atoms with van der Waals surface area (Å²) in [5.74, 6) is 0. The quantitative estimate of drug-likeness (QED) is 0.708. The van der Waals surface area contributed by atoms with E-state index in [1.54, 1.807) is 0 Å². The van der Waals surface area contributed by atoms with Gasteiger partial charge >= 0.3 is 0 Å². The topological polar surface area (TPSA) is 15.6 Å². The van der Waals surface area contributed by atoms with Gasteiger partial charge in [0.2, 0.25) is 0 Å². The van der Waals surface area contributed by atoms with E-state index in [4.69, 9.17) is 28.9 Å². The van der Waals surface area contributed by atoms with Crippen LogP contribution in [0, 0.1) is 5.41 Å². The zero-order chi connectivity index (χ0) is 14.4. The smallest absolute Gasteiger partial charge is 0.112 e. The number of halogens is 1. The summed E-state index contributed by atoms with van der Waals surface area (Å²) in [4.78, 5) is 0.866. The van der Waals surface area contributed by atoms with Gasteiger partial charge in [-0.3, -0.25) is 5.01 Å². The summed E-state index contributed by atoms with van der Waals surface area (Å²) < 4.78 is 0. The molecule has 0 fully saturated rings. The van der Waals surface area contributed by atoms with E-state index >= 15 is 0 Å². The van der Waals surface area contributed by atoms with Gasteiger partial charge in [-0.1, -0.05) is 36.0 Å². The number of hydrogen-bond donors (Lipinski definition) is 0. The molecule has 0 N–H and O–H groups in total. The fourth-order valence-electron chi connectivity index (χ4n) is 2.12. The second-order valence-corrected chi connectivity index (χ2v) is 7.19. The highest BCUT2D eigenvalue weighted by Gasteiger charge is 2.43. The lowest BCUT2D eigenvalue weighted by Crippen LogP contribution is -2.42. The molecule has 1 heterocycles. The molecule has 0 aromatic heterocycles. The third-order valence-electron chi connectivity index (χ3n) is 3.27. The van der Waals surface area contributed by atoms with Crippen LogP contribution >= 0.6 is 23.8 Å². The standard InChI is InChI=1S/C15H19ClN2S/c1-14(2,3)18-13(19)15(4,5)12(17-18)10-6-8-11(16)9-7-10/h6-9H,1-5H3. The van der Waals surface area contributed by atoms with Crippen LogP contribution in [0.1, 0.15) is 40.2 Å². The van der Waals surface area contributed by atoms with Crippen LogP contribution in [-0.4, -0.2) is 21.2 Å². The lowest BCUT2D eigenvalue weighted by Gasteiger charge is -2.32. The summed E-state index contributed by atoms with van der Waals surface area (Å²) in [6, 6.07) is 7.77. The van der Waals surface area contributed by atoms with Crippen molar-refractivity contribution < 1.29 is 0 Å². The molecule has 0 saturated heterocycles. The third-order valence-corrected chi connectivity index (χ3v) is 4.21. The normalized spacial score (nSPS) is 18.7. The molecular formula is C15H19ClN2S. The maximum atomic E-state index is 5.94. The van der Waals surface area contributed by atoms with Gasteiger partial charge in [-0.2, -0.15) is 5.10 Å². The van der Waals surface area contributed by atoms with Crippen molar-refractivity contribution in [3.63, 3.8) is 0 Å². The number of hydrogen-bond acceptors (Lipinski definition) is 2. The van der Waals surface area contributed by atoms with Crippen LogP contribution in [0.15, 0.2) is 29.4 Å². The van der Waals surface area contributed by atoms with Gasteiger partial charge in [0.05, 0.1) is 16.7 Å². The Morgan fingerprint density at radius 2 is 1.68 bits per heavy atom. The van der Waals surface area contributed by atoms with Crippen LogP contribution in [0.4, 0.5) is 0 Å². The number of thiocarbonyl (C=S) groups is 1. The highest BCUT2D eigenvalue weighted by atomic mass is 35.5. The van der Waals surface area contributed by atoms with Crippen LogP contribution in [0.3, 0.4) is 0 Å². The zero-order valence-electron chi connectivity index (χ0n) is 12.0. The molecule has 0 atom stereocenters. The minimum Gasteiger partial charge on any atom is -0.252 e. The molecular weight excluding hydrogens is 276 g/mol. The Hall–Kier alpha value is -0.930. The minimum atomic E-state index is -0.240. The number of rotatable bonds is 1. The van der Waals surface area contributed by atoms with E-state index in [1.165, 1.54) is 0 Å². The van der Waals surface area contributed by atoms with E-state index in [9.17, 15) is 0 Å². The van der Waals surface area contributed by atoms with Crippen molar-refractivity contribution in [3.05, 3.63) is 34.9 Å². The van der Waals surface area contributed by atoms with E-state index in [2.05, 4.69) is 34.6 Å². The van der Waals surface area contributed by atoms with Crippen LogP contribution in [0.5, 0.6) is 0 Å². The SMILES string of the molecule is CC1(C)C(=S)N(C(C)(C)C)N=C1c1ccc(Cl)cc1. The molecule has 1 aliphatic heterocycles. The highest BCUT2D eigenvalue weighted by Crippen LogP contribution is 2.36. The molecule has 0 spiro atoms. The number of benzene rings is 1. The molecule has 1 aromatic rings. The molecule has 1 aliphatic rings. The van der Waals surface area contributed by atoms with Gasteiger partial charge in [0, 0.05) is 5.02 Å². The lowest BCUT2D eigenvalue weighted by atomic mass is 9.84. The molecule has 0 amide bonds. The second-order valence-electron chi connectivity index (χ2n) is 6.37. The van der Waals surface area contributed by atoms with Crippen molar-refractivity contribution in [2.24, 2.45) is 10.5 Å². The molecule has 1 aromatic carbocycles. The fraction of sp³-hybridized carbons (Fsp3) is 0.467. The van der Waals surface area contributed by atoms with Crippen LogP contribution in [-0.2, 0) is 0 Å². The van der Waals surface area contributed by atoms with Gasteiger partial charge in [-0.15, -0.1) is 0 Å². The largest absolute Gasteiger partial charge is 0.252 e. The first-order chi connectivity index (χ1) is 8.64. The molecule has 4 heteroatoms. The van der Waals surface area contributed by atoms with E-state index < -0.39 is 0 Å². The van der Waals surface area contributed by atoms with Crippen molar-refractivity contribution in [2.45, 2.75) is 40.2 Å². The lowest BCUT2D eigenvalue weighted by molar-refractivity contribution is 0.251. The van der Waals surface area contributed by atoms with Crippen molar-refractivity contribution in [1.29, 1.82) is 0 Å². The van der Waals surface area contributed by atoms with Crippen molar-refractivity contribution in [2.75, 3.05) is 0 Å². The summed E-state index contributed by atoms with van der Waals surface area (Å²) in [6.07, 6.45) is 0. The molecule has 2 nitrogen and oxygen atoms in total. The monoisotopic (exact) mass is 294 g/mol. The van der Waals surface area contributed by atoms with Gasteiger partial charge < -0.3 is 0 Å². The van der Waals surface area contributed by atoms with Gasteiger partial charge in [0.15, 0.2) is 0 Å². The maximum Gasteiger partial charge on any atom is 0.112 e. The minimum absolute atomic E-state index is 0.109. The van der Waals surface area contributed by atoms with Crippen LogP contribution < -0.4 is 0 Å². The molecule has 0 aliphatic carbocycles. The first-order valence-corrected chi connectivity index (χ1v) is 7.12. The molecule has 2 rings (SSSR count). The summed E-state index contributed by atoms with van der Waals surface area (Å²) >= 11 is 11.6. The predicted octanol–water partition coefficient (Wildman–Crippen LogP) is 4.51. The third kappa shape index (κ3) is 2.54. The van der Waals surface area contributed by atoms with E-state index in [1.807, 2.05) is 29.3 Å². The van der Waals surface area contributed by atoms with Gasteiger partial charge in [-0.25, -0.2) is 0 Å². The molecule has 102 valence electrons. The average Bonchev–Trinajstić information content (AvgIpc) is 2.52. The molecule has 0 bridgehead atoms. The molecule has 0 saturated carbocycles. The average molecular weight is 295 g/mol. The first kappa shape index (κ1) is 14.5. The van der Waals surface area contributed by atoms with E-state index in [-0.39, 0.29) is 11.0 Å². The Morgan fingerprint density at radius 3 is 2.11 bits per heavy atom. The molecule has 19 heavy (non-hydrogen) atoms. The number of nitrogens with zero attached hydrogens (tertiary/aromatic N) is 2. The Balaban J connectivity index is 2.49. The first-order valence-electron chi connectivity index (χ1n) is 6.34. The maximum absolute atomic E-state index is 5.94. The van der Waals surface area contributed by atoms with Crippen molar-refractivity contribution in [3.8, 4) is 0 Å². The predicted molar refractivity (Wildman–Crippen MR) is 86.0 cm³/mol. The van der Waals surface area contributed by atoms with Crippen molar-refractivity contribution >= 4 is 34.5 Å². The molecule has 0 unspecified atom stereocenters. The Labute approximate surface area is 125 Å². The van der Waals surface area contributed by atoms with E-state index in [0.29, 0.717) is 0 Å². The summed E-state index contributed by atoms with van der Waals surface area (Å²) in [6.45, 7) is 10.6. The summed E-state index contributed by atoms with van der Waals surface area (Å²) in [5, 5.41) is 7.44. The van der Waals surface area contributed by atoms with Gasteiger partial charge in [0.1, 0.15) is 4.99 Å². The Bertz CT molecular complexity index is 538. The zero-order valence-corrected chi connectivity index (χ0v) is 13.6. The van der Waals surface area contributed by atoms with Crippen LogP contribution in [0.25, 0.3) is 0 Å². The highest BCUT2D eigenvalue weighted by molar-refractivity contribution is 7.80. The molecule has 0 radical (unpaired) electrons. The summed E-state index contributed by atoms with van der Waals surface area (Å²) in [5.41, 5.74) is 1.73. The second kappa shape index (κ2) is 4.57. The van der Waals surface area contributed by atoms with E-state index in [0.717, 1.165) is 21.3 Å². The van der Waals surface area contributed by atoms with Crippen LogP contribution in [0.2, 0.25) is 5.02 Å². The summed E-state index contributed by atoms with van der Waals surface area (Å²) in [7, 11) is 0. The van der Waals surface area contributed by atoms with Gasteiger partial charge in [-0.05, 0) is 52.3 Å². The Morgan fingerprint density at radius 1 is 1.16 bits per heavy atom. The fourth-order valence-corrected chi connectivity index (χ4v) is 2.65. The number of hydrazone groups is 1. The Kier molecular flexibility index (Phi) is 3.48. The van der Waals surface area contributed by atoms with Crippen molar-refractivity contribution in [1.82, 2.24) is 5.01 Å².